The van der Waals surface area contributed by atoms with Crippen molar-refractivity contribution in [1.29, 1.82) is 0 Å². The molecule has 4 aromatic rings. The van der Waals surface area contributed by atoms with Gasteiger partial charge in [0, 0.05) is 12.2 Å². The van der Waals surface area contributed by atoms with E-state index in [0.717, 1.165) is 28.8 Å². The van der Waals surface area contributed by atoms with Crippen LogP contribution in [0, 0.1) is 0 Å². The van der Waals surface area contributed by atoms with Crippen LogP contribution < -0.4 is 14.8 Å². The van der Waals surface area contributed by atoms with Crippen molar-refractivity contribution in [3.05, 3.63) is 125 Å². The molecule has 5 nitrogen and oxygen atoms in total. The zero-order chi connectivity index (χ0) is 27.1. The molecule has 1 N–H and O–H groups in total. The highest BCUT2D eigenvalue weighted by Gasteiger charge is 2.31. The number of amides is 2. The minimum atomic E-state index is -4.53. The molecular formula is C30H27F3N2O3. The fourth-order valence-corrected chi connectivity index (χ4v) is 4.25. The summed E-state index contributed by atoms with van der Waals surface area (Å²) in [5, 5.41) is 2.68. The molecule has 0 bridgehead atoms. The van der Waals surface area contributed by atoms with E-state index in [4.69, 9.17) is 9.47 Å². The second-order valence-corrected chi connectivity index (χ2v) is 8.55. The van der Waals surface area contributed by atoms with E-state index in [2.05, 4.69) is 5.32 Å². The summed E-state index contributed by atoms with van der Waals surface area (Å²) in [5.74, 6) is 1.04. The molecule has 0 saturated carbocycles. The summed E-state index contributed by atoms with van der Waals surface area (Å²) >= 11 is 0. The van der Waals surface area contributed by atoms with Crippen LogP contribution in [0.3, 0.4) is 0 Å². The molecule has 4 rings (SSSR count). The summed E-state index contributed by atoms with van der Waals surface area (Å²) in [7, 11) is 3.06. The molecule has 0 saturated heterocycles. The molecule has 0 radical (unpaired) electrons. The number of halogens is 3. The zero-order valence-corrected chi connectivity index (χ0v) is 20.9. The number of anilines is 1. The number of ether oxygens (including phenoxy) is 2. The number of carbonyl (C=O) groups is 1. The quantitative estimate of drug-likeness (QED) is 0.261. The molecule has 0 spiro atoms. The van der Waals surface area contributed by atoms with Gasteiger partial charge in [0.05, 0.1) is 25.8 Å². The molecule has 0 unspecified atom stereocenters. The summed E-state index contributed by atoms with van der Waals surface area (Å²) in [6, 6.07) is 27.8. The van der Waals surface area contributed by atoms with Crippen LogP contribution in [0.5, 0.6) is 11.5 Å². The summed E-state index contributed by atoms with van der Waals surface area (Å²) in [6.45, 7) is 0.138. The largest absolute Gasteiger partial charge is 0.493 e. The SMILES string of the molecule is COc1ccc(CN(C(=O)Nc2cccc(C(F)(F)F)c2)C(c2ccccc2)c2ccccc2)cc1OC. The van der Waals surface area contributed by atoms with Crippen molar-refractivity contribution in [3.63, 3.8) is 0 Å². The van der Waals surface area contributed by atoms with Crippen LogP contribution in [0.2, 0.25) is 0 Å². The number of hydrogen-bond acceptors (Lipinski definition) is 3. The third kappa shape index (κ3) is 6.26. The predicted octanol–water partition coefficient (Wildman–Crippen LogP) is 7.55. The number of rotatable bonds is 8. The number of carbonyl (C=O) groups excluding carboxylic acids is 1. The van der Waals surface area contributed by atoms with Crippen LogP contribution in [0.15, 0.2) is 103 Å². The second kappa shape index (κ2) is 11.7. The standard InChI is InChI=1S/C30H27F3N2O3/c1-37-26-17-16-21(18-27(26)38-2)20-35(29(36)34-25-15-9-14-24(19-25)30(31,32)33)28(22-10-5-3-6-11-22)23-12-7-4-8-13-23/h3-19,28H,20H2,1-2H3,(H,34,36). The maximum Gasteiger partial charge on any atom is 0.416 e. The monoisotopic (exact) mass is 520 g/mol. The molecule has 0 heterocycles. The lowest BCUT2D eigenvalue weighted by molar-refractivity contribution is -0.137. The van der Waals surface area contributed by atoms with Crippen LogP contribution >= 0.6 is 0 Å². The lowest BCUT2D eigenvalue weighted by atomic mass is 9.96. The summed E-state index contributed by atoms with van der Waals surface area (Å²) < 4.78 is 50.7. The topological polar surface area (TPSA) is 50.8 Å². The predicted molar refractivity (Wildman–Crippen MR) is 140 cm³/mol. The van der Waals surface area contributed by atoms with Gasteiger partial charge in [0.2, 0.25) is 0 Å². The Bertz CT molecular complexity index is 1320. The average Bonchev–Trinajstić information content (AvgIpc) is 2.93. The lowest BCUT2D eigenvalue weighted by Crippen LogP contribution is -2.38. The first-order chi connectivity index (χ1) is 18.3. The van der Waals surface area contributed by atoms with E-state index >= 15 is 0 Å². The van der Waals surface area contributed by atoms with Crippen LogP contribution in [-0.2, 0) is 12.7 Å². The molecule has 196 valence electrons. The van der Waals surface area contributed by atoms with Gasteiger partial charge in [0.15, 0.2) is 11.5 Å². The lowest BCUT2D eigenvalue weighted by Gasteiger charge is -2.33. The van der Waals surface area contributed by atoms with Gasteiger partial charge in [-0.15, -0.1) is 0 Å². The average molecular weight is 521 g/mol. The van der Waals surface area contributed by atoms with Crippen LogP contribution in [-0.4, -0.2) is 25.2 Å². The number of nitrogens with one attached hydrogen (secondary N) is 1. The Balaban J connectivity index is 1.78. The first kappa shape index (κ1) is 26.6. The van der Waals surface area contributed by atoms with Gasteiger partial charge in [-0.2, -0.15) is 13.2 Å². The number of methoxy groups -OCH3 is 2. The van der Waals surface area contributed by atoms with Crippen molar-refractivity contribution in [2.45, 2.75) is 18.8 Å². The smallest absolute Gasteiger partial charge is 0.416 e. The molecular weight excluding hydrogens is 493 g/mol. The van der Waals surface area contributed by atoms with Gasteiger partial charge in [0.1, 0.15) is 0 Å². The van der Waals surface area contributed by atoms with Crippen LogP contribution in [0.4, 0.5) is 23.7 Å². The normalized spacial score (nSPS) is 11.2. The van der Waals surface area contributed by atoms with E-state index in [-0.39, 0.29) is 12.2 Å². The molecule has 0 aliphatic heterocycles. The third-order valence-corrected chi connectivity index (χ3v) is 6.05. The molecule has 0 fully saturated rings. The van der Waals surface area contributed by atoms with Crippen molar-refractivity contribution in [2.24, 2.45) is 0 Å². The van der Waals surface area contributed by atoms with E-state index in [0.29, 0.717) is 11.5 Å². The van der Waals surface area contributed by atoms with E-state index in [1.54, 1.807) is 17.0 Å². The highest BCUT2D eigenvalue weighted by molar-refractivity contribution is 5.90. The first-order valence-electron chi connectivity index (χ1n) is 11.9. The Labute approximate surface area is 219 Å². The number of alkyl halides is 3. The van der Waals surface area contributed by atoms with Crippen LogP contribution in [0.25, 0.3) is 0 Å². The van der Waals surface area contributed by atoms with Gasteiger partial charge < -0.3 is 19.7 Å². The Kier molecular flexibility index (Phi) is 8.21. The molecule has 2 amide bonds. The van der Waals surface area contributed by atoms with Crippen molar-refractivity contribution in [2.75, 3.05) is 19.5 Å². The van der Waals surface area contributed by atoms with E-state index in [1.165, 1.54) is 26.4 Å². The molecule has 38 heavy (non-hydrogen) atoms. The Morgan fingerprint density at radius 1 is 0.789 bits per heavy atom. The van der Waals surface area contributed by atoms with E-state index < -0.39 is 23.8 Å². The highest BCUT2D eigenvalue weighted by Crippen LogP contribution is 2.34. The van der Waals surface area contributed by atoms with Gasteiger partial charge in [-0.3, -0.25) is 0 Å². The Hall–Kier alpha value is -4.46. The Morgan fingerprint density at radius 2 is 1.39 bits per heavy atom. The van der Waals surface area contributed by atoms with E-state index in [1.807, 2.05) is 66.7 Å². The van der Waals surface area contributed by atoms with Gasteiger partial charge in [-0.1, -0.05) is 72.8 Å². The minimum absolute atomic E-state index is 0.0435. The molecule has 0 aliphatic rings. The van der Waals surface area contributed by atoms with Gasteiger partial charge in [0.25, 0.3) is 0 Å². The fraction of sp³-hybridized carbons (Fsp3) is 0.167. The molecule has 0 aromatic heterocycles. The second-order valence-electron chi connectivity index (χ2n) is 8.55. The zero-order valence-electron chi connectivity index (χ0n) is 20.9. The summed E-state index contributed by atoms with van der Waals surface area (Å²) in [5.41, 5.74) is 1.64. The molecule has 8 heteroatoms. The molecule has 0 atom stereocenters. The highest BCUT2D eigenvalue weighted by atomic mass is 19.4. The molecule has 4 aromatic carbocycles. The molecule has 0 aliphatic carbocycles. The van der Waals surface area contributed by atoms with Crippen molar-refractivity contribution >= 4 is 11.7 Å². The maximum atomic E-state index is 13.8. The number of nitrogens with zero attached hydrogens (tertiary/aromatic N) is 1. The number of benzene rings is 4. The maximum absolute atomic E-state index is 13.8. The Morgan fingerprint density at radius 3 is 1.95 bits per heavy atom. The van der Waals surface area contributed by atoms with Gasteiger partial charge >= 0.3 is 12.2 Å². The van der Waals surface area contributed by atoms with Gasteiger partial charge in [-0.05, 0) is 47.0 Å². The minimum Gasteiger partial charge on any atom is -0.493 e. The fourth-order valence-electron chi connectivity index (χ4n) is 4.25. The van der Waals surface area contributed by atoms with Crippen molar-refractivity contribution in [3.8, 4) is 11.5 Å². The number of urea groups is 1. The first-order valence-corrected chi connectivity index (χ1v) is 11.9. The van der Waals surface area contributed by atoms with E-state index in [9.17, 15) is 18.0 Å². The third-order valence-electron chi connectivity index (χ3n) is 6.05. The summed E-state index contributed by atoms with van der Waals surface area (Å²) in [4.78, 5) is 15.4. The summed E-state index contributed by atoms with van der Waals surface area (Å²) in [6.07, 6.45) is -4.53. The number of hydrogen-bond donors (Lipinski definition) is 1. The van der Waals surface area contributed by atoms with Crippen molar-refractivity contribution < 1.29 is 27.4 Å². The van der Waals surface area contributed by atoms with Crippen molar-refractivity contribution in [1.82, 2.24) is 4.90 Å². The van der Waals surface area contributed by atoms with Gasteiger partial charge in [-0.25, -0.2) is 4.79 Å². The van der Waals surface area contributed by atoms with Crippen LogP contribution in [0.1, 0.15) is 28.3 Å².